The van der Waals surface area contributed by atoms with Crippen molar-refractivity contribution >= 4 is 17.4 Å². The minimum Gasteiger partial charge on any atom is -0.660 e. The van der Waals surface area contributed by atoms with Crippen molar-refractivity contribution in [3.05, 3.63) is 47.5 Å². The van der Waals surface area contributed by atoms with Gasteiger partial charge in [-0.25, -0.2) is 5.43 Å². The Bertz CT molecular complexity index is 949. The molecule has 2 aromatic rings. The molecule has 2 aliphatic rings. The van der Waals surface area contributed by atoms with Crippen LogP contribution in [0.25, 0.3) is 16.4 Å². The van der Waals surface area contributed by atoms with Crippen molar-refractivity contribution in [2.24, 2.45) is 5.92 Å². The van der Waals surface area contributed by atoms with Crippen molar-refractivity contribution in [3.8, 4) is 34.8 Å². The summed E-state index contributed by atoms with van der Waals surface area (Å²) in [6, 6.07) is 9.35. The van der Waals surface area contributed by atoms with E-state index in [9.17, 15) is 5.26 Å². The smallest absolute Gasteiger partial charge is 0.660 e. The van der Waals surface area contributed by atoms with E-state index in [-0.39, 0.29) is 62.3 Å². The van der Waals surface area contributed by atoms with Crippen LogP contribution in [0.4, 0.5) is 5.69 Å². The molecule has 8 heteroatoms. The summed E-state index contributed by atoms with van der Waals surface area (Å²) in [5, 5.41) is 14.1. The zero-order valence-electron chi connectivity index (χ0n) is 17.8. The Morgan fingerprint density at radius 3 is 2.67 bits per heavy atom. The number of hydrogen-bond acceptors (Lipinski definition) is 6. The summed E-state index contributed by atoms with van der Waals surface area (Å²) in [6.45, 7) is 4.00. The standard InChI is InChI=1S/C20H18N5OS.C2H6.K/c1-26-18-6-4-14(11-21)10-15(18)16-12-22-9-8-17(16)23-20-25-24-19(27-20)7-5-13-2-3-13;1-2;/h4,6,8-10,12-13,19-20,24-25H,2-3H2,1H3;1-2H3;/q-1;;+1. The first kappa shape index (κ1) is 25.2. The Hall–Kier alpha value is -1.07. The average Bonchev–Trinajstić information content (AvgIpc) is 3.51. The van der Waals surface area contributed by atoms with Gasteiger partial charge in [-0.1, -0.05) is 31.8 Å². The Kier molecular flexibility index (Phi) is 10.7. The molecule has 0 amide bonds. The van der Waals surface area contributed by atoms with Gasteiger partial charge in [0.05, 0.1) is 18.7 Å². The molecule has 1 aliphatic heterocycles. The van der Waals surface area contributed by atoms with E-state index >= 15 is 0 Å². The van der Waals surface area contributed by atoms with E-state index in [2.05, 4.69) is 33.7 Å². The number of methoxy groups -OCH3 is 1. The molecule has 4 rings (SSSR count). The van der Waals surface area contributed by atoms with Crippen LogP contribution >= 0.6 is 11.8 Å². The van der Waals surface area contributed by atoms with Gasteiger partial charge in [0.25, 0.3) is 0 Å². The fourth-order valence-electron chi connectivity index (χ4n) is 2.72. The zero-order chi connectivity index (χ0) is 20.6. The molecule has 2 atom stereocenters. The van der Waals surface area contributed by atoms with Crippen LogP contribution < -0.4 is 67.0 Å². The Balaban J connectivity index is 0.00000104. The molecule has 1 aromatic heterocycles. The molecule has 1 aromatic carbocycles. The van der Waals surface area contributed by atoms with E-state index in [0.717, 1.165) is 16.8 Å². The molecular formula is C22H24KN5OS. The zero-order valence-corrected chi connectivity index (χ0v) is 21.7. The molecule has 2 unspecified atom stereocenters. The Labute approximate surface area is 225 Å². The second-order valence-electron chi connectivity index (χ2n) is 6.27. The number of pyridine rings is 1. The Morgan fingerprint density at radius 1 is 1.17 bits per heavy atom. The number of aromatic nitrogens is 1. The van der Waals surface area contributed by atoms with Crippen LogP contribution in [-0.2, 0) is 0 Å². The van der Waals surface area contributed by atoms with Crippen LogP contribution in [0.15, 0.2) is 36.7 Å². The third-order valence-corrected chi connectivity index (χ3v) is 5.26. The summed E-state index contributed by atoms with van der Waals surface area (Å²) in [5.41, 5.74) is 9.14. The van der Waals surface area contributed by atoms with E-state index in [1.165, 1.54) is 12.8 Å². The second-order valence-corrected chi connectivity index (χ2v) is 7.46. The number of thioether (sulfide) groups is 1. The molecule has 0 spiro atoms. The van der Waals surface area contributed by atoms with E-state index in [1.807, 2.05) is 19.9 Å². The summed E-state index contributed by atoms with van der Waals surface area (Å²) in [4.78, 5) is 4.23. The van der Waals surface area contributed by atoms with Gasteiger partial charge >= 0.3 is 51.4 Å². The van der Waals surface area contributed by atoms with Crippen molar-refractivity contribution in [1.29, 1.82) is 5.26 Å². The summed E-state index contributed by atoms with van der Waals surface area (Å²) in [7, 11) is 1.61. The monoisotopic (exact) mass is 445 g/mol. The van der Waals surface area contributed by atoms with Crippen LogP contribution in [-0.4, -0.2) is 23.0 Å². The number of nitriles is 1. The maximum absolute atomic E-state index is 9.23. The van der Waals surface area contributed by atoms with Gasteiger partial charge in [-0.15, -0.1) is 17.4 Å². The summed E-state index contributed by atoms with van der Waals surface area (Å²) >= 11 is 1.63. The van der Waals surface area contributed by atoms with Gasteiger partial charge in [-0.05, 0) is 42.1 Å². The van der Waals surface area contributed by atoms with Gasteiger partial charge in [-0.3, -0.25) is 10.4 Å². The molecule has 6 nitrogen and oxygen atoms in total. The van der Waals surface area contributed by atoms with Gasteiger partial charge in [0.15, 0.2) is 0 Å². The van der Waals surface area contributed by atoms with Crippen LogP contribution in [0, 0.1) is 29.1 Å². The van der Waals surface area contributed by atoms with E-state index < -0.39 is 0 Å². The first-order chi connectivity index (χ1) is 14.3. The number of hydrogen-bond donors (Lipinski definition) is 2. The minimum atomic E-state index is -0.158. The number of hydrazine groups is 1. The number of benzene rings is 1. The van der Waals surface area contributed by atoms with E-state index in [4.69, 9.17) is 10.1 Å². The molecular weight excluding hydrogens is 421 g/mol. The molecule has 2 N–H and O–H groups in total. The summed E-state index contributed by atoms with van der Waals surface area (Å²) in [6.07, 6.45) is 5.89. The largest absolute Gasteiger partial charge is 1.00 e. The van der Waals surface area contributed by atoms with Crippen molar-refractivity contribution in [2.75, 3.05) is 7.11 Å². The van der Waals surface area contributed by atoms with Crippen LogP contribution in [0.1, 0.15) is 32.3 Å². The topological polar surface area (TPSA) is 84.1 Å². The molecule has 1 aliphatic carbocycles. The van der Waals surface area contributed by atoms with Gasteiger partial charge in [-0.2, -0.15) is 5.26 Å². The Morgan fingerprint density at radius 2 is 1.97 bits per heavy atom. The molecule has 1 saturated carbocycles. The van der Waals surface area contributed by atoms with Crippen molar-refractivity contribution in [1.82, 2.24) is 15.8 Å². The third-order valence-electron chi connectivity index (χ3n) is 4.27. The molecule has 1 saturated heterocycles. The molecule has 30 heavy (non-hydrogen) atoms. The molecule has 0 bridgehead atoms. The number of nitrogens with one attached hydrogen (secondary N) is 2. The number of nitrogens with zero attached hydrogens (tertiary/aromatic N) is 3. The predicted octanol–water partition coefficient (Wildman–Crippen LogP) is 1.53. The summed E-state index contributed by atoms with van der Waals surface area (Å²) < 4.78 is 5.47. The SMILES string of the molecule is CC.COc1ccc(C#N)cc1-c1cnccc1[N-]C1NNC(C#CC2CC2)S1.[K+]. The van der Waals surface area contributed by atoms with Gasteiger partial charge in [0.1, 0.15) is 11.1 Å². The number of ether oxygens (including phenoxy) is 1. The van der Waals surface area contributed by atoms with Crippen molar-refractivity contribution in [3.63, 3.8) is 0 Å². The van der Waals surface area contributed by atoms with Crippen LogP contribution in [0.2, 0.25) is 0 Å². The third kappa shape index (κ3) is 6.71. The van der Waals surface area contributed by atoms with Crippen molar-refractivity contribution in [2.45, 2.75) is 37.6 Å². The van der Waals surface area contributed by atoms with Crippen LogP contribution in [0.3, 0.4) is 0 Å². The predicted molar refractivity (Wildman–Crippen MR) is 117 cm³/mol. The second kappa shape index (κ2) is 12.7. The van der Waals surface area contributed by atoms with Gasteiger partial charge in [0, 0.05) is 23.9 Å². The maximum atomic E-state index is 9.23. The van der Waals surface area contributed by atoms with Crippen molar-refractivity contribution < 1.29 is 56.1 Å². The van der Waals surface area contributed by atoms with Crippen LogP contribution in [0.5, 0.6) is 5.75 Å². The molecule has 2 fully saturated rings. The first-order valence-electron chi connectivity index (χ1n) is 9.68. The summed E-state index contributed by atoms with van der Waals surface area (Å²) in [5.74, 6) is 7.78. The fraction of sp³-hybridized carbons (Fsp3) is 0.364. The number of rotatable bonds is 4. The van der Waals surface area contributed by atoms with Gasteiger partial charge in [0.2, 0.25) is 0 Å². The normalized spacial score (nSPS) is 19.1. The van der Waals surface area contributed by atoms with Gasteiger partial charge < -0.3 is 10.1 Å². The van der Waals surface area contributed by atoms with E-state index in [0.29, 0.717) is 17.2 Å². The first-order valence-corrected chi connectivity index (χ1v) is 10.6. The average molecular weight is 446 g/mol. The molecule has 2 heterocycles. The van der Waals surface area contributed by atoms with E-state index in [1.54, 1.807) is 49.5 Å². The maximum Gasteiger partial charge on any atom is 1.00 e. The molecule has 0 radical (unpaired) electrons. The molecule has 150 valence electrons. The fourth-order valence-corrected chi connectivity index (χ4v) is 3.56. The quantitative estimate of drug-likeness (QED) is 0.549. The minimum absolute atomic E-state index is 0.